The van der Waals surface area contributed by atoms with Gasteiger partial charge in [0.05, 0.1) is 13.2 Å². The number of halogens is 1. The molecular weight excluding hydrogens is 317 g/mol. The first-order valence-electron chi connectivity index (χ1n) is 4.97. The lowest BCUT2D eigenvalue weighted by molar-refractivity contribution is 0.0200. The van der Waals surface area contributed by atoms with Gasteiger partial charge in [-0.3, -0.25) is 4.84 Å². The Kier molecular flexibility index (Phi) is 4.38. The average molecular weight is 329 g/mol. The highest BCUT2D eigenvalue weighted by Crippen LogP contribution is 2.09. The number of hydrogen-bond donors (Lipinski definition) is 1. The number of rotatable bonds is 5. The monoisotopic (exact) mass is 329 g/mol. The molecule has 2 aromatic rings. The van der Waals surface area contributed by atoms with E-state index in [1.165, 1.54) is 0 Å². The second kappa shape index (κ2) is 6.03. The van der Waals surface area contributed by atoms with Crippen LogP contribution in [0.3, 0.4) is 0 Å². The molecule has 0 amide bonds. The number of hydrogen-bond acceptors (Lipinski definition) is 3. The van der Waals surface area contributed by atoms with Crippen molar-refractivity contribution in [3.8, 4) is 0 Å². The van der Waals surface area contributed by atoms with E-state index in [9.17, 15) is 0 Å². The molecule has 0 spiro atoms. The van der Waals surface area contributed by atoms with Gasteiger partial charge in [-0.05, 0) is 40.3 Å². The lowest BCUT2D eigenvalue weighted by Crippen LogP contribution is -2.13. The number of nitrogens with one attached hydrogen (secondary N) is 1. The van der Waals surface area contributed by atoms with E-state index in [2.05, 4.69) is 28.1 Å². The third kappa shape index (κ3) is 3.62. The zero-order valence-corrected chi connectivity index (χ0v) is 10.8. The summed E-state index contributed by atoms with van der Waals surface area (Å²) in [5.74, 6) is 0.873. The van der Waals surface area contributed by atoms with Crippen molar-refractivity contribution in [1.82, 2.24) is 5.48 Å². The molecule has 3 nitrogen and oxygen atoms in total. The summed E-state index contributed by atoms with van der Waals surface area (Å²) < 4.78 is 6.27. The molecule has 1 N–H and O–H groups in total. The minimum Gasteiger partial charge on any atom is -0.454 e. The number of furan rings is 1. The lowest BCUT2D eigenvalue weighted by atomic mass is 10.2. The van der Waals surface area contributed by atoms with E-state index in [1.54, 1.807) is 0 Å². The number of hydroxylamine groups is 1. The van der Waals surface area contributed by atoms with Gasteiger partial charge in [0.1, 0.15) is 5.76 Å². The Labute approximate surface area is 108 Å². The molecule has 0 aliphatic heterocycles. The van der Waals surface area contributed by atoms with E-state index in [-0.39, 0.29) is 0 Å². The molecule has 0 atom stereocenters. The van der Waals surface area contributed by atoms with Gasteiger partial charge in [-0.15, -0.1) is 0 Å². The highest BCUT2D eigenvalue weighted by molar-refractivity contribution is 14.1. The maximum Gasteiger partial charge on any atom is 0.164 e. The van der Waals surface area contributed by atoms with Crippen molar-refractivity contribution in [2.45, 2.75) is 13.2 Å². The summed E-state index contributed by atoms with van der Waals surface area (Å²) in [6, 6.07) is 13.9. The predicted molar refractivity (Wildman–Crippen MR) is 69.5 cm³/mol. The van der Waals surface area contributed by atoms with E-state index in [0.717, 1.165) is 15.1 Å². The molecule has 0 aliphatic rings. The van der Waals surface area contributed by atoms with Crippen LogP contribution in [0.2, 0.25) is 0 Å². The summed E-state index contributed by atoms with van der Waals surface area (Å²) in [4.78, 5) is 5.32. The zero-order valence-electron chi connectivity index (χ0n) is 8.65. The van der Waals surface area contributed by atoms with Crippen LogP contribution in [-0.2, 0) is 18.0 Å². The van der Waals surface area contributed by atoms with Crippen LogP contribution in [0.15, 0.2) is 46.9 Å². The Bertz CT molecular complexity index is 428. The van der Waals surface area contributed by atoms with Gasteiger partial charge in [-0.1, -0.05) is 30.3 Å². The molecule has 0 saturated carbocycles. The van der Waals surface area contributed by atoms with Gasteiger partial charge in [0, 0.05) is 0 Å². The molecule has 1 heterocycles. The summed E-state index contributed by atoms with van der Waals surface area (Å²) in [6.07, 6.45) is 0. The molecule has 1 aromatic carbocycles. The Morgan fingerprint density at radius 2 is 1.94 bits per heavy atom. The number of benzene rings is 1. The summed E-state index contributed by atoms with van der Waals surface area (Å²) in [5.41, 5.74) is 4.01. The molecule has 4 heteroatoms. The smallest absolute Gasteiger partial charge is 0.164 e. The largest absolute Gasteiger partial charge is 0.454 e. The topological polar surface area (TPSA) is 34.4 Å². The molecular formula is C12H12INO2. The molecule has 0 bridgehead atoms. The molecule has 2 rings (SSSR count). The molecule has 0 aliphatic carbocycles. The minimum atomic E-state index is 0.554. The van der Waals surface area contributed by atoms with Crippen LogP contribution >= 0.6 is 22.6 Å². The Balaban J connectivity index is 1.69. The van der Waals surface area contributed by atoms with Crippen LogP contribution < -0.4 is 5.48 Å². The summed E-state index contributed by atoms with van der Waals surface area (Å²) in [6.45, 7) is 1.13. The van der Waals surface area contributed by atoms with E-state index >= 15 is 0 Å². The van der Waals surface area contributed by atoms with Gasteiger partial charge in [-0.25, -0.2) is 0 Å². The van der Waals surface area contributed by atoms with E-state index in [4.69, 9.17) is 9.25 Å². The fourth-order valence-electron chi connectivity index (χ4n) is 1.28. The van der Waals surface area contributed by atoms with Crippen molar-refractivity contribution < 1.29 is 9.25 Å². The summed E-state index contributed by atoms with van der Waals surface area (Å²) in [7, 11) is 0. The first kappa shape index (κ1) is 11.6. The second-order valence-electron chi connectivity index (χ2n) is 3.30. The zero-order chi connectivity index (χ0) is 11.2. The molecule has 1 aromatic heterocycles. The van der Waals surface area contributed by atoms with Crippen LogP contribution in [0.5, 0.6) is 0 Å². The van der Waals surface area contributed by atoms with Crippen LogP contribution in [-0.4, -0.2) is 0 Å². The summed E-state index contributed by atoms with van der Waals surface area (Å²) >= 11 is 2.14. The van der Waals surface area contributed by atoms with Crippen LogP contribution in [0.25, 0.3) is 0 Å². The van der Waals surface area contributed by atoms with Gasteiger partial charge in [0.2, 0.25) is 0 Å². The molecule has 0 unspecified atom stereocenters. The van der Waals surface area contributed by atoms with Crippen molar-refractivity contribution >= 4 is 22.6 Å². The van der Waals surface area contributed by atoms with Gasteiger partial charge in [0.25, 0.3) is 0 Å². The Morgan fingerprint density at radius 3 is 2.62 bits per heavy atom. The van der Waals surface area contributed by atoms with Crippen molar-refractivity contribution in [2.75, 3.05) is 0 Å². The maximum absolute atomic E-state index is 5.38. The fourth-order valence-corrected chi connectivity index (χ4v) is 1.74. The predicted octanol–water partition coefficient (Wildman–Crippen LogP) is 3.11. The highest BCUT2D eigenvalue weighted by Gasteiger charge is 1.98. The van der Waals surface area contributed by atoms with E-state index < -0.39 is 0 Å². The SMILES string of the molecule is Ic1ccc(CNOCc2ccccc2)o1. The Morgan fingerprint density at radius 1 is 1.12 bits per heavy atom. The van der Waals surface area contributed by atoms with Crippen molar-refractivity contribution in [3.63, 3.8) is 0 Å². The van der Waals surface area contributed by atoms with Gasteiger partial charge < -0.3 is 4.42 Å². The van der Waals surface area contributed by atoms with Crippen LogP contribution in [0.4, 0.5) is 0 Å². The van der Waals surface area contributed by atoms with Crippen molar-refractivity contribution in [3.05, 3.63) is 57.6 Å². The molecule has 16 heavy (non-hydrogen) atoms. The van der Waals surface area contributed by atoms with Gasteiger partial charge >= 0.3 is 0 Å². The third-order valence-electron chi connectivity index (χ3n) is 2.06. The highest BCUT2D eigenvalue weighted by atomic mass is 127. The lowest BCUT2D eigenvalue weighted by Gasteiger charge is -2.03. The normalized spacial score (nSPS) is 10.6. The first-order valence-corrected chi connectivity index (χ1v) is 6.05. The van der Waals surface area contributed by atoms with Crippen molar-refractivity contribution in [1.29, 1.82) is 0 Å². The van der Waals surface area contributed by atoms with Crippen LogP contribution in [0, 0.1) is 3.77 Å². The van der Waals surface area contributed by atoms with Gasteiger partial charge in [-0.2, -0.15) is 5.48 Å². The standard InChI is InChI=1S/C12H12INO2/c13-12-7-6-11(16-12)8-14-15-9-10-4-2-1-3-5-10/h1-7,14H,8-9H2. The summed E-state index contributed by atoms with van der Waals surface area (Å²) in [5, 5.41) is 0. The van der Waals surface area contributed by atoms with Crippen molar-refractivity contribution in [2.24, 2.45) is 0 Å². The molecule has 84 valence electrons. The van der Waals surface area contributed by atoms with Gasteiger partial charge in [0.15, 0.2) is 3.77 Å². The third-order valence-corrected chi connectivity index (χ3v) is 2.64. The second-order valence-corrected chi connectivity index (χ2v) is 4.36. The molecule has 0 radical (unpaired) electrons. The molecule has 0 saturated heterocycles. The molecule has 0 fully saturated rings. The van der Waals surface area contributed by atoms with E-state index in [1.807, 2.05) is 42.5 Å². The van der Waals surface area contributed by atoms with Crippen LogP contribution in [0.1, 0.15) is 11.3 Å². The fraction of sp³-hybridized carbons (Fsp3) is 0.167. The van der Waals surface area contributed by atoms with E-state index in [0.29, 0.717) is 13.2 Å². The average Bonchev–Trinajstić information content (AvgIpc) is 2.72. The first-order chi connectivity index (χ1) is 7.84. The quantitative estimate of drug-likeness (QED) is 0.520. The Hall–Kier alpha value is -0.850. The maximum atomic E-state index is 5.38. The minimum absolute atomic E-state index is 0.554.